The lowest BCUT2D eigenvalue weighted by Gasteiger charge is -2.24. The average Bonchev–Trinajstić information content (AvgIpc) is 2.72. The van der Waals surface area contributed by atoms with E-state index in [2.05, 4.69) is 10.6 Å². The Bertz CT molecular complexity index is 798. The van der Waals surface area contributed by atoms with Crippen LogP contribution in [0.2, 0.25) is 0 Å². The van der Waals surface area contributed by atoms with E-state index >= 15 is 0 Å². The van der Waals surface area contributed by atoms with Crippen LogP contribution in [0.3, 0.4) is 0 Å². The van der Waals surface area contributed by atoms with E-state index < -0.39 is 0 Å². The maximum atomic E-state index is 13.1. The molecule has 0 aliphatic heterocycles. The molecule has 148 valence electrons. The molecule has 2 aromatic rings. The number of nitrogens with one attached hydrogen (secondary N) is 2. The second-order valence-electron chi connectivity index (χ2n) is 6.04. The molecule has 0 unspecified atom stereocenters. The largest absolute Gasteiger partial charge is 0.382 e. The van der Waals surface area contributed by atoms with Crippen LogP contribution in [0.1, 0.15) is 31.8 Å². The fraction of sp³-hybridized carbons (Fsp3) is 0.300. The number of ketones is 2. The van der Waals surface area contributed by atoms with Crippen LogP contribution in [0.4, 0.5) is 11.4 Å². The summed E-state index contributed by atoms with van der Waals surface area (Å²) in [6.45, 7) is 0.470. The van der Waals surface area contributed by atoms with E-state index in [1.54, 1.807) is 36.4 Å². The number of aliphatic hydroxyl groups excluding tert-OH is 2. The Labute approximate surface area is 162 Å². The quantitative estimate of drug-likeness (QED) is 0.304. The van der Waals surface area contributed by atoms with Crippen LogP contribution < -0.4 is 10.6 Å². The van der Waals surface area contributed by atoms with E-state index in [1.165, 1.54) is 0 Å². The zero-order valence-electron chi connectivity index (χ0n) is 15.2. The molecule has 3 rings (SSSR count). The predicted molar refractivity (Wildman–Crippen MR) is 103 cm³/mol. The van der Waals surface area contributed by atoms with Crippen molar-refractivity contribution in [3.8, 4) is 0 Å². The molecule has 0 fully saturated rings. The summed E-state index contributed by atoms with van der Waals surface area (Å²) in [7, 11) is 0. The van der Waals surface area contributed by atoms with Gasteiger partial charge in [0, 0.05) is 35.6 Å². The molecule has 4 N–H and O–H groups in total. The van der Waals surface area contributed by atoms with Crippen molar-refractivity contribution in [3.05, 3.63) is 58.7 Å². The number of carbonyl (C=O) groups is 2. The molecule has 28 heavy (non-hydrogen) atoms. The molecule has 1 aliphatic carbocycles. The number of benzene rings is 2. The Morgan fingerprint density at radius 1 is 0.714 bits per heavy atom. The van der Waals surface area contributed by atoms with E-state index in [-0.39, 0.29) is 38.4 Å². The monoisotopic (exact) mass is 386 g/mol. The molecule has 8 heteroatoms. The van der Waals surface area contributed by atoms with Gasteiger partial charge in [0.15, 0.2) is 11.6 Å². The minimum Gasteiger partial charge on any atom is -0.382 e. The van der Waals surface area contributed by atoms with E-state index in [9.17, 15) is 9.59 Å². The van der Waals surface area contributed by atoms with Gasteiger partial charge >= 0.3 is 0 Å². The van der Waals surface area contributed by atoms with Crippen LogP contribution in [-0.2, 0) is 9.47 Å². The first-order chi connectivity index (χ1) is 13.7. The van der Waals surface area contributed by atoms with E-state index in [0.29, 0.717) is 46.7 Å². The van der Waals surface area contributed by atoms with Gasteiger partial charge in [0.2, 0.25) is 0 Å². The smallest absolute Gasteiger partial charge is 0.196 e. The van der Waals surface area contributed by atoms with Crippen molar-refractivity contribution in [1.29, 1.82) is 0 Å². The third-order valence-electron chi connectivity index (χ3n) is 4.38. The molecule has 1 aliphatic rings. The van der Waals surface area contributed by atoms with Gasteiger partial charge in [0.25, 0.3) is 0 Å². The summed E-state index contributed by atoms with van der Waals surface area (Å²) in [5.41, 5.74) is 2.41. The molecule has 0 spiro atoms. The first-order valence-corrected chi connectivity index (χ1v) is 8.89. The average molecular weight is 386 g/mol. The minimum atomic E-state index is -0.386. The van der Waals surface area contributed by atoms with Gasteiger partial charge in [-0.2, -0.15) is 0 Å². The van der Waals surface area contributed by atoms with Crippen LogP contribution >= 0.6 is 0 Å². The highest BCUT2D eigenvalue weighted by Gasteiger charge is 2.33. The first-order valence-electron chi connectivity index (χ1n) is 8.89. The number of ether oxygens (including phenoxy) is 2. The summed E-state index contributed by atoms with van der Waals surface area (Å²) in [5.74, 6) is -0.461. The van der Waals surface area contributed by atoms with Crippen molar-refractivity contribution in [2.45, 2.75) is 0 Å². The summed E-state index contributed by atoms with van der Waals surface area (Å²) in [5, 5.41) is 23.6. The van der Waals surface area contributed by atoms with E-state index in [1.807, 2.05) is 0 Å². The van der Waals surface area contributed by atoms with Gasteiger partial charge in [-0.3, -0.25) is 9.59 Å². The van der Waals surface area contributed by atoms with E-state index in [4.69, 9.17) is 19.7 Å². The SMILES string of the molecule is O=C1c2ccccc2C(=O)c2c(NCCOCO)ccc(NCCOCO)c21. The molecule has 0 amide bonds. The minimum absolute atomic E-state index is 0.231. The van der Waals surface area contributed by atoms with Crippen LogP contribution in [0.5, 0.6) is 0 Å². The molecule has 8 nitrogen and oxygen atoms in total. The van der Waals surface area contributed by atoms with Gasteiger partial charge in [-0.25, -0.2) is 0 Å². The predicted octanol–water partition coefficient (Wildman–Crippen LogP) is 1.22. The third kappa shape index (κ3) is 4.05. The summed E-state index contributed by atoms with van der Waals surface area (Å²) < 4.78 is 9.80. The Hall–Kier alpha value is -2.78. The lowest BCUT2D eigenvalue weighted by Crippen LogP contribution is -2.25. The second-order valence-corrected chi connectivity index (χ2v) is 6.04. The normalized spacial score (nSPS) is 12.5. The van der Waals surface area contributed by atoms with Crippen molar-refractivity contribution in [1.82, 2.24) is 0 Å². The lowest BCUT2D eigenvalue weighted by atomic mass is 9.82. The van der Waals surface area contributed by atoms with Crippen LogP contribution in [0.15, 0.2) is 36.4 Å². The van der Waals surface area contributed by atoms with Crippen molar-refractivity contribution in [3.63, 3.8) is 0 Å². The Balaban J connectivity index is 1.97. The van der Waals surface area contributed by atoms with Crippen molar-refractivity contribution >= 4 is 22.9 Å². The zero-order chi connectivity index (χ0) is 19.9. The van der Waals surface area contributed by atoms with Gasteiger partial charge in [-0.15, -0.1) is 0 Å². The molecule has 0 atom stereocenters. The number of anilines is 2. The topological polar surface area (TPSA) is 117 Å². The van der Waals surface area contributed by atoms with E-state index in [0.717, 1.165) is 0 Å². The highest BCUT2D eigenvalue weighted by Crippen LogP contribution is 2.36. The lowest BCUT2D eigenvalue weighted by molar-refractivity contribution is 0.00346. The summed E-state index contributed by atoms with van der Waals surface area (Å²) >= 11 is 0. The molecule has 0 radical (unpaired) electrons. The Morgan fingerprint density at radius 3 is 1.54 bits per heavy atom. The molecule has 0 heterocycles. The fourth-order valence-electron chi connectivity index (χ4n) is 3.16. The Kier molecular flexibility index (Phi) is 6.72. The maximum absolute atomic E-state index is 13.1. The number of rotatable bonds is 10. The highest BCUT2D eigenvalue weighted by atomic mass is 16.6. The van der Waals surface area contributed by atoms with Crippen molar-refractivity contribution in [2.24, 2.45) is 0 Å². The maximum Gasteiger partial charge on any atom is 0.196 e. The molecule has 0 saturated heterocycles. The number of aliphatic hydroxyl groups is 2. The van der Waals surface area contributed by atoms with Gasteiger partial charge in [0.1, 0.15) is 13.6 Å². The Morgan fingerprint density at radius 2 is 1.14 bits per heavy atom. The van der Waals surface area contributed by atoms with Gasteiger partial charge in [-0.1, -0.05) is 24.3 Å². The summed E-state index contributed by atoms with van der Waals surface area (Å²) in [6.07, 6.45) is 0. The number of hydrogen-bond donors (Lipinski definition) is 4. The van der Waals surface area contributed by atoms with Crippen molar-refractivity contribution < 1.29 is 29.3 Å². The van der Waals surface area contributed by atoms with Gasteiger partial charge < -0.3 is 30.3 Å². The highest BCUT2D eigenvalue weighted by molar-refractivity contribution is 6.31. The molecular weight excluding hydrogens is 364 g/mol. The first kappa shape index (κ1) is 20.0. The van der Waals surface area contributed by atoms with Crippen LogP contribution in [-0.4, -0.2) is 61.7 Å². The van der Waals surface area contributed by atoms with Crippen LogP contribution in [0, 0.1) is 0 Å². The molecule has 0 bridgehead atoms. The summed E-state index contributed by atoms with van der Waals surface area (Å²) in [6, 6.07) is 10.2. The molecule has 2 aromatic carbocycles. The zero-order valence-corrected chi connectivity index (χ0v) is 15.2. The van der Waals surface area contributed by atoms with Gasteiger partial charge in [0.05, 0.1) is 24.3 Å². The van der Waals surface area contributed by atoms with Crippen molar-refractivity contribution in [2.75, 3.05) is 50.5 Å². The standard InChI is InChI=1S/C20H22N2O6/c23-11-27-9-7-21-15-5-6-16(22-8-10-28-12-24)18-17(15)19(25)13-3-1-2-4-14(13)20(18)26/h1-6,21-24H,7-12H2. The van der Waals surface area contributed by atoms with Crippen LogP contribution in [0.25, 0.3) is 0 Å². The number of hydrogen-bond acceptors (Lipinski definition) is 8. The number of carbonyl (C=O) groups excluding carboxylic acids is 2. The van der Waals surface area contributed by atoms with Gasteiger partial charge in [-0.05, 0) is 12.1 Å². The molecule has 0 aromatic heterocycles. The fourth-order valence-corrected chi connectivity index (χ4v) is 3.16. The second kappa shape index (κ2) is 9.43. The third-order valence-corrected chi connectivity index (χ3v) is 4.38. The molecule has 0 saturated carbocycles. The molecular formula is C20H22N2O6. The summed E-state index contributed by atoms with van der Waals surface area (Å²) in [4.78, 5) is 26.3. The number of fused-ring (bicyclic) bond motifs is 2.